The van der Waals surface area contributed by atoms with Crippen LogP contribution in [0.25, 0.3) is 10.9 Å². The molecule has 3 aromatic rings. The van der Waals surface area contributed by atoms with Crippen molar-refractivity contribution in [2.75, 3.05) is 5.32 Å². The molecule has 98 valence electrons. The Morgan fingerprint density at radius 1 is 1.32 bits per heavy atom. The zero-order valence-corrected chi connectivity index (χ0v) is 11.4. The maximum Gasteiger partial charge on any atom is 0.0646 e. The second-order valence-electron chi connectivity index (χ2n) is 4.99. The summed E-state index contributed by atoms with van der Waals surface area (Å²) in [4.78, 5) is 3.20. The third-order valence-corrected chi connectivity index (χ3v) is 3.45. The predicted molar refractivity (Wildman–Crippen MR) is 78.3 cm³/mol. The Labute approximate surface area is 112 Å². The highest BCUT2D eigenvalue weighted by Crippen LogP contribution is 2.24. The average molecular weight is 254 g/mol. The first-order valence-corrected chi connectivity index (χ1v) is 6.47. The molecule has 0 saturated carbocycles. The van der Waals surface area contributed by atoms with Crippen LogP contribution in [0.2, 0.25) is 0 Å². The van der Waals surface area contributed by atoms with Gasteiger partial charge in [0.2, 0.25) is 0 Å². The molecular weight excluding hydrogens is 236 g/mol. The van der Waals surface area contributed by atoms with E-state index >= 15 is 0 Å². The second-order valence-corrected chi connectivity index (χ2v) is 4.99. The Morgan fingerprint density at radius 3 is 2.89 bits per heavy atom. The molecule has 0 bridgehead atoms. The highest BCUT2D eigenvalue weighted by atomic mass is 15.3. The Balaban J connectivity index is 1.85. The number of hydrogen-bond donors (Lipinski definition) is 2. The molecule has 1 aromatic carbocycles. The molecule has 0 radical (unpaired) electrons. The smallest absolute Gasteiger partial charge is 0.0646 e. The van der Waals surface area contributed by atoms with Gasteiger partial charge in [0.15, 0.2) is 0 Å². The Bertz CT molecular complexity index is 708. The molecular formula is C15H18N4. The van der Waals surface area contributed by atoms with Crippen LogP contribution in [-0.2, 0) is 7.05 Å². The van der Waals surface area contributed by atoms with E-state index in [9.17, 15) is 0 Å². The summed E-state index contributed by atoms with van der Waals surface area (Å²) in [5, 5.41) is 9.14. The van der Waals surface area contributed by atoms with Crippen molar-refractivity contribution in [3.05, 3.63) is 47.9 Å². The molecule has 1 unspecified atom stereocenters. The molecule has 0 aliphatic heterocycles. The molecule has 19 heavy (non-hydrogen) atoms. The number of anilines is 1. The van der Waals surface area contributed by atoms with Crippen LogP contribution < -0.4 is 5.32 Å². The van der Waals surface area contributed by atoms with E-state index in [1.807, 2.05) is 24.9 Å². The van der Waals surface area contributed by atoms with Crippen LogP contribution in [0.3, 0.4) is 0 Å². The summed E-state index contributed by atoms with van der Waals surface area (Å²) < 4.78 is 1.86. The minimum Gasteiger partial charge on any atom is -0.378 e. The molecule has 3 rings (SSSR count). The third-order valence-electron chi connectivity index (χ3n) is 3.45. The lowest BCUT2D eigenvalue weighted by atomic mass is 10.1. The number of hydrogen-bond acceptors (Lipinski definition) is 2. The number of nitrogens with zero attached hydrogens (tertiary/aromatic N) is 2. The summed E-state index contributed by atoms with van der Waals surface area (Å²) in [6.07, 6.45) is 4.03. The Kier molecular flexibility index (Phi) is 2.78. The topological polar surface area (TPSA) is 45.6 Å². The molecule has 0 spiro atoms. The number of aromatic nitrogens is 3. The minimum absolute atomic E-state index is 0.241. The molecule has 4 nitrogen and oxygen atoms in total. The summed E-state index contributed by atoms with van der Waals surface area (Å²) in [7, 11) is 1.95. The SMILES string of the molecule is Cc1nn(C)cc1C(C)Nc1ccc2[nH]ccc2c1. The van der Waals surface area contributed by atoms with Gasteiger partial charge >= 0.3 is 0 Å². The first-order chi connectivity index (χ1) is 9.13. The molecule has 1 atom stereocenters. The zero-order valence-electron chi connectivity index (χ0n) is 11.4. The van der Waals surface area contributed by atoms with Gasteiger partial charge in [-0.25, -0.2) is 0 Å². The summed E-state index contributed by atoms with van der Waals surface area (Å²) in [5.74, 6) is 0. The first kappa shape index (κ1) is 11.8. The van der Waals surface area contributed by atoms with Gasteiger partial charge in [-0.2, -0.15) is 5.10 Å². The summed E-state index contributed by atoms with van der Waals surface area (Å²) in [6, 6.07) is 8.68. The molecule has 0 fully saturated rings. The number of aromatic amines is 1. The van der Waals surface area contributed by atoms with Crippen molar-refractivity contribution in [2.45, 2.75) is 19.9 Å². The molecule has 0 amide bonds. The van der Waals surface area contributed by atoms with Gasteiger partial charge in [-0.3, -0.25) is 4.68 Å². The van der Waals surface area contributed by atoms with Crippen LogP contribution in [0.5, 0.6) is 0 Å². The Morgan fingerprint density at radius 2 is 2.16 bits per heavy atom. The fourth-order valence-electron chi connectivity index (χ4n) is 2.51. The van der Waals surface area contributed by atoms with Crippen molar-refractivity contribution in [1.29, 1.82) is 0 Å². The molecule has 2 heterocycles. The van der Waals surface area contributed by atoms with Crippen LogP contribution in [0.15, 0.2) is 36.7 Å². The lowest BCUT2D eigenvalue weighted by Crippen LogP contribution is -2.06. The zero-order chi connectivity index (χ0) is 13.4. The lowest BCUT2D eigenvalue weighted by Gasteiger charge is -2.14. The van der Waals surface area contributed by atoms with Gasteiger partial charge < -0.3 is 10.3 Å². The number of nitrogens with one attached hydrogen (secondary N) is 2. The average Bonchev–Trinajstić information content (AvgIpc) is 2.94. The molecule has 4 heteroatoms. The summed E-state index contributed by atoms with van der Waals surface area (Å²) >= 11 is 0. The van der Waals surface area contributed by atoms with Crippen LogP contribution in [0.4, 0.5) is 5.69 Å². The number of benzene rings is 1. The van der Waals surface area contributed by atoms with Crippen molar-refractivity contribution >= 4 is 16.6 Å². The Hall–Kier alpha value is -2.23. The van der Waals surface area contributed by atoms with E-state index in [2.05, 4.69) is 52.8 Å². The van der Waals surface area contributed by atoms with E-state index in [1.165, 1.54) is 10.9 Å². The molecule has 0 aliphatic carbocycles. The lowest BCUT2D eigenvalue weighted by molar-refractivity contribution is 0.756. The highest BCUT2D eigenvalue weighted by molar-refractivity contribution is 5.83. The monoisotopic (exact) mass is 254 g/mol. The molecule has 0 saturated heterocycles. The summed E-state index contributed by atoms with van der Waals surface area (Å²) in [6.45, 7) is 4.20. The van der Waals surface area contributed by atoms with Crippen LogP contribution in [0.1, 0.15) is 24.2 Å². The van der Waals surface area contributed by atoms with Gasteiger partial charge in [0.05, 0.1) is 11.7 Å². The van der Waals surface area contributed by atoms with Gasteiger partial charge in [0.1, 0.15) is 0 Å². The van der Waals surface area contributed by atoms with Crippen LogP contribution in [-0.4, -0.2) is 14.8 Å². The number of rotatable bonds is 3. The van der Waals surface area contributed by atoms with Crippen LogP contribution in [0, 0.1) is 6.92 Å². The van der Waals surface area contributed by atoms with E-state index in [0.29, 0.717) is 0 Å². The van der Waals surface area contributed by atoms with E-state index in [0.717, 1.165) is 16.9 Å². The van der Waals surface area contributed by atoms with Gasteiger partial charge in [0.25, 0.3) is 0 Å². The van der Waals surface area contributed by atoms with E-state index in [-0.39, 0.29) is 6.04 Å². The summed E-state index contributed by atoms with van der Waals surface area (Å²) in [5.41, 5.74) is 4.60. The van der Waals surface area contributed by atoms with Gasteiger partial charge in [0, 0.05) is 41.6 Å². The fraction of sp³-hybridized carbons (Fsp3) is 0.267. The minimum atomic E-state index is 0.241. The van der Waals surface area contributed by atoms with Gasteiger partial charge in [-0.1, -0.05) is 0 Å². The standard InChI is InChI=1S/C15H18N4/c1-10(14-9-19(3)18-11(14)2)17-13-4-5-15-12(8-13)6-7-16-15/h4-10,16-17H,1-3H3. The molecule has 2 N–H and O–H groups in total. The van der Waals surface area contributed by atoms with E-state index in [1.54, 1.807) is 0 Å². The largest absolute Gasteiger partial charge is 0.378 e. The van der Waals surface area contributed by atoms with Crippen molar-refractivity contribution in [3.8, 4) is 0 Å². The van der Waals surface area contributed by atoms with Crippen LogP contribution >= 0.6 is 0 Å². The van der Waals surface area contributed by atoms with Crippen molar-refractivity contribution in [1.82, 2.24) is 14.8 Å². The molecule has 2 aromatic heterocycles. The van der Waals surface area contributed by atoms with E-state index < -0.39 is 0 Å². The number of H-pyrrole nitrogens is 1. The van der Waals surface area contributed by atoms with E-state index in [4.69, 9.17) is 0 Å². The quantitative estimate of drug-likeness (QED) is 0.752. The second kappa shape index (κ2) is 4.46. The predicted octanol–water partition coefficient (Wildman–Crippen LogP) is 3.38. The van der Waals surface area contributed by atoms with Gasteiger partial charge in [-0.05, 0) is 38.1 Å². The van der Waals surface area contributed by atoms with Crippen molar-refractivity contribution in [2.24, 2.45) is 7.05 Å². The number of aryl methyl sites for hydroxylation is 2. The van der Waals surface area contributed by atoms with Crippen molar-refractivity contribution < 1.29 is 0 Å². The maximum absolute atomic E-state index is 4.39. The van der Waals surface area contributed by atoms with Crippen molar-refractivity contribution in [3.63, 3.8) is 0 Å². The highest BCUT2D eigenvalue weighted by Gasteiger charge is 2.11. The normalized spacial score (nSPS) is 12.8. The fourth-order valence-corrected chi connectivity index (χ4v) is 2.51. The first-order valence-electron chi connectivity index (χ1n) is 6.47. The maximum atomic E-state index is 4.39. The molecule has 0 aliphatic rings. The third kappa shape index (κ3) is 2.21. The van der Waals surface area contributed by atoms with Gasteiger partial charge in [-0.15, -0.1) is 0 Å². The number of fused-ring (bicyclic) bond motifs is 1.